The van der Waals surface area contributed by atoms with Crippen molar-refractivity contribution in [3.8, 4) is 0 Å². The second kappa shape index (κ2) is 4.72. The molecule has 0 saturated carbocycles. The number of rotatable bonds is 5. The Labute approximate surface area is 68.9 Å². The summed E-state index contributed by atoms with van der Waals surface area (Å²) in [6.45, 7) is 4.16. The van der Waals surface area contributed by atoms with E-state index in [1.165, 1.54) is 0 Å². The SMILES string of the molecule is CCC(C)CS(=O)(=O)CCN. The van der Waals surface area contributed by atoms with Gasteiger partial charge in [-0.25, -0.2) is 8.42 Å². The summed E-state index contributed by atoms with van der Waals surface area (Å²) in [7, 11) is -2.87. The van der Waals surface area contributed by atoms with Crippen LogP contribution in [0, 0.1) is 5.92 Å². The molecule has 0 fully saturated rings. The summed E-state index contributed by atoms with van der Waals surface area (Å²) >= 11 is 0. The lowest BCUT2D eigenvalue weighted by Gasteiger charge is -2.07. The zero-order valence-corrected chi connectivity index (χ0v) is 8.02. The third-order valence-corrected chi connectivity index (χ3v) is 3.60. The quantitative estimate of drug-likeness (QED) is 0.665. The standard InChI is InChI=1S/C7H17NO2S/c1-3-7(2)6-11(9,10)5-4-8/h7H,3-6,8H2,1-2H3. The van der Waals surface area contributed by atoms with E-state index >= 15 is 0 Å². The fourth-order valence-electron chi connectivity index (χ4n) is 0.814. The van der Waals surface area contributed by atoms with E-state index in [4.69, 9.17) is 5.73 Å². The summed E-state index contributed by atoms with van der Waals surface area (Å²) in [5.74, 6) is 0.657. The summed E-state index contributed by atoms with van der Waals surface area (Å²) in [6.07, 6.45) is 0.907. The first-order valence-corrected chi connectivity index (χ1v) is 5.74. The van der Waals surface area contributed by atoms with Gasteiger partial charge in [0.1, 0.15) is 0 Å². The van der Waals surface area contributed by atoms with Gasteiger partial charge in [0.25, 0.3) is 0 Å². The van der Waals surface area contributed by atoms with Gasteiger partial charge in [-0.1, -0.05) is 20.3 Å². The summed E-state index contributed by atoms with van der Waals surface area (Å²) in [4.78, 5) is 0. The van der Waals surface area contributed by atoms with Crippen LogP contribution in [-0.4, -0.2) is 26.5 Å². The molecule has 0 bridgehead atoms. The predicted octanol–water partition coefficient (Wildman–Crippen LogP) is 0.406. The minimum absolute atomic E-state index is 0.122. The van der Waals surface area contributed by atoms with Crippen LogP contribution in [0.5, 0.6) is 0 Å². The molecule has 0 aliphatic carbocycles. The molecule has 0 aliphatic heterocycles. The highest BCUT2D eigenvalue weighted by Crippen LogP contribution is 2.04. The molecule has 0 heterocycles. The molecule has 1 atom stereocenters. The van der Waals surface area contributed by atoms with Crippen LogP contribution in [0.25, 0.3) is 0 Å². The van der Waals surface area contributed by atoms with Crippen LogP contribution in [-0.2, 0) is 9.84 Å². The predicted molar refractivity (Wildman–Crippen MR) is 47.2 cm³/mol. The highest BCUT2D eigenvalue weighted by atomic mass is 32.2. The van der Waals surface area contributed by atoms with Gasteiger partial charge in [-0.3, -0.25) is 0 Å². The van der Waals surface area contributed by atoms with E-state index < -0.39 is 9.84 Å². The summed E-state index contributed by atoms with van der Waals surface area (Å²) < 4.78 is 22.2. The second-order valence-corrected chi connectivity index (χ2v) is 5.15. The lowest BCUT2D eigenvalue weighted by atomic mass is 10.2. The molecule has 0 spiro atoms. The summed E-state index contributed by atoms with van der Waals surface area (Å²) in [6, 6.07) is 0. The van der Waals surface area contributed by atoms with Crippen LogP contribution in [0.1, 0.15) is 20.3 Å². The molecule has 3 nitrogen and oxygen atoms in total. The molecule has 0 aromatic carbocycles. The summed E-state index contributed by atoms with van der Waals surface area (Å²) in [5, 5.41) is 0. The van der Waals surface area contributed by atoms with Crippen molar-refractivity contribution in [1.29, 1.82) is 0 Å². The number of hydrogen-bond donors (Lipinski definition) is 1. The zero-order valence-electron chi connectivity index (χ0n) is 7.21. The van der Waals surface area contributed by atoms with Crippen LogP contribution < -0.4 is 5.73 Å². The first kappa shape index (κ1) is 10.9. The Morgan fingerprint density at radius 3 is 2.36 bits per heavy atom. The Kier molecular flexibility index (Phi) is 4.68. The van der Waals surface area contributed by atoms with E-state index in [9.17, 15) is 8.42 Å². The second-order valence-electron chi connectivity index (χ2n) is 2.92. The van der Waals surface area contributed by atoms with Crippen LogP contribution in [0.2, 0.25) is 0 Å². The van der Waals surface area contributed by atoms with Gasteiger partial charge in [-0.2, -0.15) is 0 Å². The fourth-order valence-corrected chi connectivity index (χ4v) is 2.44. The third kappa shape index (κ3) is 5.21. The maximum atomic E-state index is 11.1. The number of sulfone groups is 1. The molecular weight excluding hydrogens is 162 g/mol. The van der Waals surface area contributed by atoms with Crippen LogP contribution in [0.4, 0.5) is 0 Å². The van der Waals surface area contributed by atoms with Gasteiger partial charge in [-0.05, 0) is 5.92 Å². The van der Waals surface area contributed by atoms with E-state index in [1.54, 1.807) is 0 Å². The molecule has 0 aliphatic rings. The van der Waals surface area contributed by atoms with Crippen molar-refractivity contribution in [3.63, 3.8) is 0 Å². The minimum Gasteiger partial charge on any atom is -0.329 e. The van der Waals surface area contributed by atoms with Gasteiger partial charge in [0.2, 0.25) is 0 Å². The largest absolute Gasteiger partial charge is 0.329 e. The normalized spacial score (nSPS) is 14.8. The first-order valence-electron chi connectivity index (χ1n) is 3.92. The Morgan fingerprint density at radius 1 is 1.45 bits per heavy atom. The molecule has 0 saturated heterocycles. The molecule has 0 rings (SSSR count). The van der Waals surface area contributed by atoms with Gasteiger partial charge < -0.3 is 5.73 Å². The van der Waals surface area contributed by atoms with Crippen molar-refractivity contribution in [1.82, 2.24) is 0 Å². The summed E-state index contributed by atoms with van der Waals surface area (Å²) in [5.41, 5.74) is 5.15. The molecule has 0 aromatic heterocycles. The van der Waals surface area contributed by atoms with Gasteiger partial charge in [0.05, 0.1) is 11.5 Å². The molecule has 4 heteroatoms. The lowest BCUT2D eigenvalue weighted by molar-refractivity contribution is 0.564. The lowest BCUT2D eigenvalue weighted by Crippen LogP contribution is -2.21. The average Bonchev–Trinajstić information content (AvgIpc) is 1.86. The smallest absolute Gasteiger partial charge is 0.151 e. The maximum absolute atomic E-state index is 11.1. The van der Waals surface area contributed by atoms with Crippen LogP contribution in [0.3, 0.4) is 0 Å². The van der Waals surface area contributed by atoms with Crippen molar-refractivity contribution < 1.29 is 8.42 Å². The molecule has 0 radical (unpaired) electrons. The topological polar surface area (TPSA) is 60.2 Å². The minimum atomic E-state index is -2.87. The molecule has 0 amide bonds. The van der Waals surface area contributed by atoms with E-state index in [2.05, 4.69) is 0 Å². The van der Waals surface area contributed by atoms with Gasteiger partial charge in [0.15, 0.2) is 9.84 Å². The van der Waals surface area contributed by atoms with Crippen molar-refractivity contribution in [2.45, 2.75) is 20.3 Å². The maximum Gasteiger partial charge on any atom is 0.151 e. The van der Waals surface area contributed by atoms with E-state index in [1.807, 2.05) is 13.8 Å². The molecule has 2 N–H and O–H groups in total. The van der Waals surface area contributed by atoms with E-state index in [0.717, 1.165) is 6.42 Å². The third-order valence-electron chi connectivity index (χ3n) is 1.66. The Morgan fingerprint density at radius 2 is 2.00 bits per heavy atom. The molecule has 11 heavy (non-hydrogen) atoms. The van der Waals surface area contributed by atoms with Crippen molar-refractivity contribution >= 4 is 9.84 Å². The van der Waals surface area contributed by atoms with Gasteiger partial charge in [0, 0.05) is 6.54 Å². The molecule has 68 valence electrons. The van der Waals surface area contributed by atoms with Gasteiger partial charge >= 0.3 is 0 Å². The van der Waals surface area contributed by atoms with Crippen molar-refractivity contribution in [2.24, 2.45) is 11.7 Å². The monoisotopic (exact) mass is 179 g/mol. The van der Waals surface area contributed by atoms with E-state index in [-0.39, 0.29) is 24.0 Å². The highest BCUT2D eigenvalue weighted by molar-refractivity contribution is 7.91. The van der Waals surface area contributed by atoms with E-state index in [0.29, 0.717) is 0 Å². The first-order chi connectivity index (χ1) is 5.02. The van der Waals surface area contributed by atoms with Gasteiger partial charge in [-0.15, -0.1) is 0 Å². The molecular formula is C7H17NO2S. The van der Waals surface area contributed by atoms with Crippen LogP contribution in [0.15, 0.2) is 0 Å². The van der Waals surface area contributed by atoms with Crippen LogP contribution >= 0.6 is 0 Å². The number of hydrogen-bond acceptors (Lipinski definition) is 3. The molecule has 0 aromatic rings. The molecule has 1 unspecified atom stereocenters. The Hall–Kier alpha value is -0.0900. The van der Waals surface area contributed by atoms with Crippen molar-refractivity contribution in [3.05, 3.63) is 0 Å². The Balaban J connectivity index is 3.92. The average molecular weight is 179 g/mol. The highest BCUT2D eigenvalue weighted by Gasteiger charge is 2.12. The zero-order chi connectivity index (χ0) is 8.91. The van der Waals surface area contributed by atoms with Crippen molar-refractivity contribution in [2.75, 3.05) is 18.1 Å². The fraction of sp³-hybridized carbons (Fsp3) is 1.00. The Bertz CT molecular complexity index is 187. The number of nitrogens with two attached hydrogens (primary N) is 1.